The molecule has 9 heteroatoms. The summed E-state index contributed by atoms with van der Waals surface area (Å²) in [5, 5.41) is 3.23. The molecule has 172 valence electrons. The number of sulfone groups is 1. The van der Waals surface area contributed by atoms with Crippen molar-refractivity contribution in [3.05, 3.63) is 70.2 Å². The summed E-state index contributed by atoms with van der Waals surface area (Å²) in [5.74, 6) is -0.376. The number of nitrogens with zero attached hydrogens (tertiary/aromatic N) is 1. The van der Waals surface area contributed by atoms with E-state index in [1.165, 1.54) is 0 Å². The van der Waals surface area contributed by atoms with Crippen LogP contribution in [0.5, 0.6) is 0 Å². The molecule has 0 aliphatic carbocycles. The van der Waals surface area contributed by atoms with Crippen LogP contribution in [0.3, 0.4) is 0 Å². The molecule has 2 atom stereocenters. The van der Waals surface area contributed by atoms with Crippen LogP contribution in [0.1, 0.15) is 34.8 Å². The van der Waals surface area contributed by atoms with Gasteiger partial charge >= 0.3 is 6.09 Å². The lowest BCUT2D eigenvalue weighted by Gasteiger charge is -2.35. The largest absolute Gasteiger partial charge is 0.450 e. The number of rotatable bonds is 8. The number of benzene rings is 2. The summed E-state index contributed by atoms with van der Waals surface area (Å²) < 4.78 is 29.5. The van der Waals surface area contributed by atoms with E-state index >= 15 is 0 Å². The summed E-state index contributed by atoms with van der Waals surface area (Å²) in [5.41, 5.74) is 2.25. The van der Waals surface area contributed by atoms with E-state index in [0.717, 1.165) is 11.1 Å². The Bertz CT molecular complexity index is 1050. The first-order chi connectivity index (χ1) is 15.2. The molecule has 2 aromatic carbocycles. The topological polar surface area (TPSA) is 92.8 Å². The van der Waals surface area contributed by atoms with Crippen molar-refractivity contribution in [1.29, 1.82) is 0 Å². The normalized spacial score (nSPS) is 18.3. The van der Waals surface area contributed by atoms with Gasteiger partial charge in [-0.15, -0.1) is 0 Å². The average molecular weight is 479 g/mol. The van der Waals surface area contributed by atoms with Crippen LogP contribution in [0.15, 0.2) is 48.5 Å². The maximum absolute atomic E-state index is 13.5. The molecule has 1 aliphatic heterocycles. The summed E-state index contributed by atoms with van der Waals surface area (Å²) in [6, 6.07) is 13.7. The summed E-state index contributed by atoms with van der Waals surface area (Å²) in [6.07, 6.45) is -1.45. The minimum absolute atomic E-state index is 0.0413. The summed E-state index contributed by atoms with van der Waals surface area (Å²) >= 11 is 6.00. The van der Waals surface area contributed by atoms with Gasteiger partial charge in [0.15, 0.2) is 21.8 Å². The number of nitrogens with one attached hydrogen (secondary N) is 1. The second kappa shape index (κ2) is 10.5. The van der Waals surface area contributed by atoms with Crippen LogP contribution in [0.2, 0.25) is 5.02 Å². The van der Waals surface area contributed by atoms with E-state index in [1.807, 2.05) is 31.2 Å². The zero-order chi connectivity index (χ0) is 23.3. The molecule has 3 rings (SSSR count). The number of alkyl carbamates (subject to hydrolysis) is 1. The molecule has 32 heavy (non-hydrogen) atoms. The van der Waals surface area contributed by atoms with E-state index in [2.05, 4.69) is 5.32 Å². The third-order valence-electron chi connectivity index (χ3n) is 5.40. The Labute approximate surface area is 193 Å². The molecule has 0 bridgehead atoms. The van der Waals surface area contributed by atoms with Gasteiger partial charge in [-0.1, -0.05) is 53.6 Å². The van der Waals surface area contributed by atoms with Crippen LogP contribution in [0.25, 0.3) is 0 Å². The van der Waals surface area contributed by atoms with Crippen LogP contribution < -0.4 is 5.32 Å². The third kappa shape index (κ3) is 6.31. The first-order valence-electron chi connectivity index (χ1n) is 10.4. The van der Waals surface area contributed by atoms with Crippen molar-refractivity contribution in [2.45, 2.75) is 39.0 Å². The first kappa shape index (κ1) is 24.2. The highest BCUT2D eigenvalue weighted by Crippen LogP contribution is 2.24. The molecular formula is C23H27ClN2O5S. The Morgan fingerprint density at radius 1 is 1.16 bits per heavy atom. The Morgan fingerprint density at radius 2 is 1.81 bits per heavy atom. The Morgan fingerprint density at radius 3 is 2.38 bits per heavy atom. The SMILES string of the molecule is CCOC(=O)N[C@@H](C(=O)c1ccc(C)cc1)N(Cc1ccc(Cl)cc1)[C@@H]1CCS(=O)(=O)C1. The van der Waals surface area contributed by atoms with E-state index < -0.39 is 28.1 Å². The van der Waals surface area contributed by atoms with Crippen LogP contribution >= 0.6 is 11.6 Å². The highest BCUT2D eigenvalue weighted by molar-refractivity contribution is 7.91. The first-order valence-corrected chi connectivity index (χ1v) is 12.6. The van der Waals surface area contributed by atoms with Crippen LogP contribution in [0, 0.1) is 6.92 Å². The van der Waals surface area contributed by atoms with Crippen molar-refractivity contribution in [2.75, 3.05) is 18.1 Å². The van der Waals surface area contributed by atoms with Gasteiger partial charge in [0, 0.05) is 23.2 Å². The lowest BCUT2D eigenvalue weighted by Crippen LogP contribution is -2.56. The van der Waals surface area contributed by atoms with Gasteiger partial charge in [0.2, 0.25) is 0 Å². The van der Waals surface area contributed by atoms with Crippen molar-refractivity contribution in [2.24, 2.45) is 0 Å². The Kier molecular flexibility index (Phi) is 7.92. The maximum Gasteiger partial charge on any atom is 0.408 e. The monoisotopic (exact) mass is 478 g/mol. The van der Waals surface area contributed by atoms with Gasteiger partial charge in [-0.05, 0) is 38.0 Å². The second-order valence-electron chi connectivity index (χ2n) is 7.85. The molecular weight excluding hydrogens is 452 g/mol. The van der Waals surface area contributed by atoms with Crippen LogP contribution in [-0.4, -0.2) is 55.5 Å². The summed E-state index contributed by atoms with van der Waals surface area (Å²) in [6.45, 7) is 3.99. The van der Waals surface area contributed by atoms with E-state index in [4.69, 9.17) is 16.3 Å². The summed E-state index contributed by atoms with van der Waals surface area (Å²) in [4.78, 5) is 27.6. The fourth-order valence-corrected chi connectivity index (χ4v) is 5.60. The van der Waals surface area contributed by atoms with Gasteiger partial charge < -0.3 is 4.74 Å². The van der Waals surface area contributed by atoms with E-state index in [0.29, 0.717) is 17.0 Å². The molecule has 1 amide bonds. The number of carbonyl (C=O) groups excluding carboxylic acids is 2. The maximum atomic E-state index is 13.5. The molecule has 1 aliphatic rings. The van der Waals surface area contributed by atoms with Crippen molar-refractivity contribution < 1.29 is 22.7 Å². The molecule has 0 aromatic heterocycles. The predicted octanol–water partition coefficient (Wildman–Crippen LogP) is 3.59. The van der Waals surface area contributed by atoms with Gasteiger partial charge in [0.05, 0.1) is 18.1 Å². The van der Waals surface area contributed by atoms with Gasteiger partial charge in [-0.25, -0.2) is 13.2 Å². The summed E-state index contributed by atoms with van der Waals surface area (Å²) in [7, 11) is -3.23. The highest BCUT2D eigenvalue weighted by atomic mass is 35.5. The van der Waals surface area contributed by atoms with Crippen molar-refractivity contribution >= 4 is 33.3 Å². The average Bonchev–Trinajstić information content (AvgIpc) is 3.11. The Balaban J connectivity index is 1.99. The third-order valence-corrected chi connectivity index (χ3v) is 7.40. The zero-order valence-electron chi connectivity index (χ0n) is 18.1. The number of ether oxygens (including phenoxy) is 1. The molecule has 1 heterocycles. The zero-order valence-corrected chi connectivity index (χ0v) is 19.7. The number of halogens is 1. The van der Waals surface area contributed by atoms with Crippen LogP contribution in [0.4, 0.5) is 4.79 Å². The molecule has 1 fully saturated rings. The molecule has 0 saturated carbocycles. The molecule has 0 unspecified atom stereocenters. The molecule has 1 N–H and O–H groups in total. The number of ketones is 1. The Hall–Kier alpha value is -2.42. The standard InChI is InChI=1S/C23H27ClN2O5S/c1-3-31-23(28)25-22(21(27)18-8-4-16(2)5-9-18)26(20-12-13-32(29,30)15-20)14-17-6-10-19(24)11-7-17/h4-11,20,22H,3,12-15H2,1-2H3,(H,25,28)/t20-,22-/m1/s1. The highest BCUT2D eigenvalue weighted by Gasteiger charge is 2.39. The number of aryl methyl sites for hydroxylation is 1. The van der Waals surface area contributed by atoms with Crippen molar-refractivity contribution in [1.82, 2.24) is 10.2 Å². The number of Topliss-reactive ketones (excluding diaryl/α,β-unsaturated/α-hetero) is 1. The van der Waals surface area contributed by atoms with Crippen molar-refractivity contribution in [3.8, 4) is 0 Å². The smallest absolute Gasteiger partial charge is 0.408 e. The number of hydrogen-bond acceptors (Lipinski definition) is 6. The van der Waals surface area contributed by atoms with Crippen molar-refractivity contribution in [3.63, 3.8) is 0 Å². The molecule has 2 aromatic rings. The van der Waals surface area contributed by atoms with E-state index in [1.54, 1.807) is 36.1 Å². The number of hydrogen-bond donors (Lipinski definition) is 1. The van der Waals surface area contributed by atoms with E-state index in [9.17, 15) is 18.0 Å². The van der Waals surface area contributed by atoms with Gasteiger partial charge in [0.25, 0.3) is 0 Å². The number of amides is 1. The fraction of sp³-hybridized carbons (Fsp3) is 0.391. The van der Waals surface area contributed by atoms with Crippen LogP contribution in [-0.2, 0) is 21.1 Å². The minimum Gasteiger partial charge on any atom is -0.450 e. The van der Waals surface area contributed by atoms with Gasteiger partial charge in [-0.3, -0.25) is 15.0 Å². The second-order valence-corrected chi connectivity index (χ2v) is 10.5. The number of carbonyl (C=O) groups is 2. The lowest BCUT2D eigenvalue weighted by atomic mass is 10.0. The molecule has 0 radical (unpaired) electrons. The lowest BCUT2D eigenvalue weighted by molar-refractivity contribution is 0.0619. The molecule has 1 saturated heterocycles. The molecule has 0 spiro atoms. The predicted molar refractivity (Wildman–Crippen MR) is 124 cm³/mol. The minimum atomic E-state index is -3.23. The fourth-order valence-electron chi connectivity index (χ4n) is 3.73. The van der Waals surface area contributed by atoms with Gasteiger partial charge in [0.1, 0.15) is 0 Å². The van der Waals surface area contributed by atoms with Gasteiger partial charge in [-0.2, -0.15) is 0 Å². The quantitative estimate of drug-likeness (QED) is 0.460. The van der Waals surface area contributed by atoms with E-state index in [-0.39, 0.29) is 30.4 Å². The molecule has 7 nitrogen and oxygen atoms in total.